The predicted octanol–water partition coefficient (Wildman–Crippen LogP) is 5.15. The zero-order valence-electron chi connectivity index (χ0n) is 15.7. The number of benzene rings is 3. The molecule has 0 aliphatic rings. The molecule has 0 fully saturated rings. The highest BCUT2D eigenvalue weighted by Gasteiger charge is 2.16. The Morgan fingerprint density at radius 3 is 2.38 bits per heavy atom. The minimum Gasteiger partial charge on any atom is -0.345 e. The highest BCUT2D eigenvalue weighted by atomic mass is 19.1. The van der Waals surface area contributed by atoms with E-state index in [-0.39, 0.29) is 23.5 Å². The molecule has 5 nitrogen and oxygen atoms in total. The van der Waals surface area contributed by atoms with Crippen molar-refractivity contribution in [2.24, 2.45) is 0 Å². The first-order valence-corrected chi connectivity index (χ1v) is 9.02. The summed E-state index contributed by atoms with van der Waals surface area (Å²) in [6, 6.07) is 20.7. The molecule has 0 aliphatic heterocycles. The van der Waals surface area contributed by atoms with Crippen LogP contribution in [-0.2, 0) is 4.79 Å². The van der Waals surface area contributed by atoms with Gasteiger partial charge in [-0.25, -0.2) is 4.39 Å². The topological polar surface area (TPSA) is 72.2 Å². The van der Waals surface area contributed by atoms with Crippen LogP contribution in [0.3, 0.4) is 0 Å². The number of carbonyl (C=O) groups is 1. The van der Waals surface area contributed by atoms with Crippen LogP contribution in [0.1, 0.15) is 29.7 Å². The van der Waals surface area contributed by atoms with Crippen molar-refractivity contribution in [2.75, 3.05) is 0 Å². The number of hydrogen-bond acceptors (Lipinski definition) is 3. The number of rotatable bonds is 6. The second-order valence-corrected chi connectivity index (χ2v) is 6.52. The number of hydrogen-bond donors (Lipinski definition) is 1. The van der Waals surface area contributed by atoms with Crippen molar-refractivity contribution < 1.29 is 14.1 Å². The molecule has 6 heteroatoms. The third kappa shape index (κ3) is 5.13. The normalized spacial score (nSPS) is 12.3. The maximum Gasteiger partial charge on any atom is 0.270 e. The molecule has 3 aromatic carbocycles. The van der Waals surface area contributed by atoms with Gasteiger partial charge in [0.05, 0.1) is 11.0 Å². The van der Waals surface area contributed by atoms with Crippen LogP contribution in [0.25, 0.3) is 11.6 Å². The number of nitrogens with one attached hydrogen (secondary N) is 1. The molecule has 0 spiro atoms. The predicted molar refractivity (Wildman–Crippen MR) is 110 cm³/mol. The van der Waals surface area contributed by atoms with Gasteiger partial charge in [-0.15, -0.1) is 0 Å². The number of halogens is 1. The van der Waals surface area contributed by atoms with Crippen molar-refractivity contribution in [3.05, 3.63) is 111 Å². The first-order chi connectivity index (χ1) is 13.9. The van der Waals surface area contributed by atoms with E-state index in [0.717, 1.165) is 5.56 Å². The summed E-state index contributed by atoms with van der Waals surface area (Å²) in [4.78, 5) is 23.6. The Balaban J connectivity index is 1.93. The molecule has 29 heavy (non-hydrogen) atoms. The standard InChI is InChI=1S/C23H19FN2O3/c1-16(18-10-12-20(24)13-11-18)25-23(27)22(19-7-3-2-4-8-19)15-17-6-5-9-21(14-17)26(28)29/h2-16H,1H3,(H,25,27)/b22-15+/t16-/m0/s1. The van der Waals surface area contributed by atoms with Gasteiger partial charge in [0.25, 0.3) is 11.6 Å². The van der Waals surface area contributed by atoms with Crippen LogP contribution in [-0.4, -0.2) is 10.8 Å². The summed E-state index contributed by atoms with van der Waals surface area (Å²) in [5.74, 6) is -0.678. The van der Waals surface area contributed by atoms with Gasteiger partial charge in [0.15, 0.2) is 0 Å². The minimum absolute atomic E-state index is 0.0498. The summed E-state index contributed by atoms with van der Waals surface area (Å²) >= 11 is 0. The number of nitro groups is 1. The van der Waals surface area contributed by atoms with Gasteiger partial charge in [-0.05, 0) is 41.8 Å². The molecule has 0 aromatic heterocycles. The average Bonchev–Trinajstić information content (AvgIpc) is 2.73. The lowest BCUT2D eigenvalue weighted by atomic mass is 10.0. The van der Waals surface area contributed by atoms with Crippen LogP contribution >= 0.6 is 0 Å². The minimum atomic E-state index is -0.476. The highest BCUT2D eigenvalue weighted by Crippen LogP contribution is 2.23. The lowest BCUT2D eigenvalue weighted by molar-refractivity contribution is -0.384. The SMILES string of the molecule is C[C@H](NC(=O)/C(=C/c1cccc([N+](=O)[O-])c1)c1ccccc1)c1ccc(F)cc1. The summed E-state index contributed by atoms with van der Waals surface area (Å²) in [6.07, 6.45) is 1.62. The van der Waals surface area contributed by atoms with Crippen molar-refractivity contribution in [2.45, 2.75) is 13.0 Å². The van der Waals surface area contributed by atoms with Crippen LogP contribution in [0.2, 0.25) is 0 Å². The second-order valence-electron chi connectivity index (χ2n) is 6.52. The van der Waals surface area contributed by atoms with Crippen molar-refractivity contribution in [1.82, 2.24) is 5.32 Å². The fraction of sp³-hybridized carbons (Fsp3) is 0.0870. The van der Waals surface area contributed by atoms with E-state index in [9.17, 15) is 19.3 Å². The summed E-state index contributed by atoms with van der Waals surface area (Å²) < 4.78 is 13.1. The molecule has 1 atom stereocenters. The van der Waals surface area contributed by atoms with E-state index >= 15 is 0 Å². The first-order valence-electron chi connectivity index (χ1n) is 9.02. The fourth-order valence-electron chi connectivity index (χ4n) is 2.90. The van der Waals surface area contributed by atoms with Gasteiger partial charge in [0.2, 0.25) is 0 Å². The molecular formula is C23H19FN2O3. The molecule has 3 aromatic rings. The lowest BCUT2D eigenvalue weighted by Crippen LogP contribution is -2.27. The van der Waals surface area contributed by atoms with Gasteiger partial charge in [-0.1, -0.05) is 54.6 Å². The van der Waals surface area contributed by atoms with E-state index in [1.807, 2.05) is 18.2 Å². The Kier molecular flexibility index (Phi) is 6.14. The van der Waals surface area contributed by atoms with E-state index < -0.39 is 4.92 Å². The number of nitro benzene ring substituents is 1. The summed E-state index contributed by atoms with van der Waals surface area (Å²) in [7, 11) is 0. The molecule has 0 saturated carbocycles. The summed E-state index contributed by atoms with van der Waals surface area (Å²) in [5, 5.41) is 14.0. The average molecular weight is 390 g/mol. The number of carbonyl (C=O) groups excluding carboxylic acids is 1. The van der Waals surface area contributed by atoms with Crippen LogP contribution in [0.5, 0.6) is 0 Å². The summed E-state index contributed by atoms with van der Waals surface area (Å²) in [6.45, 7) is 1.81. The van der Waals surface area contributed by atoms with E-state index in [0.29, 0.717) is 16.7 Å². The zero-order valence-corrected chi connectivity index (χ0v) is 15.7. The monoisotopic (exact) mass is 390 g/mol. The number of non-ortho nitro benzene ring substituents is 1. The maximum atomic E-state index is 13.1. The van der Waals surface area contributed by atoms with E-state index in [2.05, 4.69) is 5.32 Å². The molecule has 0 saturated heterocycles. The number of nitrogens with zero attached hydrogens (tertiary/aromatic N) is 1. The third-order valence-corrected chi connectivity index (χ3v) is 4.44. The van der Waals surface area contributed by atoms with Crippen LogP contribution in [0.4, 0.5) is 10.1 Å². The molecule has 146 valence electrons. The molecule has 3 rings (SSSR count). The van der Waals surface area contributed by atoms with Gasteiger partial charge in [-0.2, -0.15) is 0 Å². The van der Waals surface area contributed by atoms with Gasteiger partial charge in [-0.3, -0.25) is 14.9 Å². The van der Waals surface area contributed by atoms with E-state index in [1.165, 1.54) is 24.3 Å². The quantitative estimate of drug-likeness (QED) is 0.274. The van der Waals surface area contributed by atoms with Gasteiger partial charge < -0.3 is 5.32 Å². The molecule has 1 amide bonds. The first kappa shape index (κ1) is 19.9. The van der Waals surface area contributed by atoms with Gasteiger partial charge in [0.1, 0.15) is 5.82 Å². The van der Waals surface area contributed by atoms with Gasteiger partial charge in [0, 0.05) is 17.7 Å². The lowest BCUT2D eigenvalue weighted by Gasteiger charge is -2.16. The molecule has 1 N–H and O–H groups in total. The van der Waals surface area contributed by atoms with Crippen LogP contribution in [0, 0.1) is 15.9 Å². The van der Waals surface area contributed by atoms with Crippen LogP contribution in [0.15, 0.2) is 78.9 Å². The Hall–Kier alpha value is -3.80. The Labute approximate surface area is 167 Å². The molecule has 0 unspecified atom stereocenters. The largest absolute Gasteiger partial charge is 0.345 e. The van der Waals surface area contributed by atoms with Crippen molar-refractivity contribution >= 4 is 23.2 Å². The van der Waals surface area contributed by atoms with Crippen molar-refractivity contribution in [3.8, 4) is 0 Å². The van der Waals surface area contributed by atoms with Crippen molar-refractivity contribution in [3.63, 3.8) is 0 Å². The fourth-order valence-corrected chi connectivity index (χ4v) is 2.90. The molecule has 0 radical (unpaired) electrons. The van der Waals surface area contributed by atoms with Crippen LogP contribution < -0.4 is 5.32 Å². The molecule has 0 heterocycles. The van der Waals surface area contributed by atoms with Gasteiger partial charge >= 0.3 is 0 Å². The van der Waals surface area contributed by atoms with E-state index in [1.54, 1.807) is 49.4 Å². The smallest absolute Gasteiger partial charge is 0.270 e. The Morgan fingerprint density at radius 2 is 1.72 bits per heavy atom. The number of amides is 1. The summed E-state index contributed by atoms with van der Waals surface area (Å²) in [5.41, 5.74) is 2.32. The van der Waals surface area contributed by atoms with Crippen molar-refractivity contribution in [1.29, 1.82) is 0 Å². The highest BCUT2D eigenvalue weighted by molar-refractivity contribution is 6.24. The second kappa shape index (κ2) is 8.93. The molecular weight excluding hydrogens is 371 g/mol. The Morgan fingerprint density at radius 1 is 1.03 bits per heavy atom. The maximum absolute atomic E-state index is 13.1. The van der Waals surface area contributed by atoms with E-state index in [4.69, 9.17) is 0 Å². The Bertz CT molecular complexity index is 1050. The zero-order chi connectivity index (χ0) is 20.8. The molecule has 0 bridgehead atoms. The third-order valence-electron chi connectivity index (χ3n) is 4.44. The molecule has 0 aliphatic carbocycles.